The van der Waals surface area contributed by atoms with Crippen LogP contribution in [0.4, 0.5) is 4.79 Å². The number of rotatable bonds is 2. The summed E-state index contributed by atoms with van der Waals surface area (Å²) in [6, 6.07) is 0.330. The minimum Gasteiger partial charge on any atom is -0.465 e. The van der Waals surface area contributed by atoms with Crippen molar-refractivity contribution in [2.24, 2.45) is 0 Å². The maximum atomic E-state index is 10.7. The van der Waals surface area contributed by atoms with Gasteiger partial charge in [0.25, 0.3) is 0 Å². The van der Waals surface area contributed by atoms with E-state index in [-0.39, 0.29) is 0 Å². The third-order valence-corrected chi connectivity index (χ3v) is 3.34. The Labute approximate surface area is 94.3 Å². The molecule has 1 fully saturated rings. The van der Waals surface area contributed by atoms with Gasteiger partial charge >= 0.3 is 6.09 Å². The highest BCUT2D eigenvalue weighted by Gasteiger charge is 2.27. The van der Waals surface area contributed by atoms with Crippen molar-refractivity contribution in [1.82, 2.24) is 9.80 Å². The Bertz CT molecular complexity index is 319. The number of carboxylic acid groups (broad SMARTS) is 1. The molecule has 1 heterocycles. The van der Waals surface area contributed by atoms with Crippen LogP contribution in [0, 0.1) is 0 Å². The second-order valence-electron chi connectivity index (χ2n) is 4.27. The molecule has 0 bridgehead atoms. The van der Waals surface area contributed by atoms with Crippen molar-refractivity contribution in [3.63, 3.8) is 0 Å². The third-order valence-electron chi connectivity index (χ3n) is 3.34. The van der Waals surface area contributed by atoms with E-state index in [4.69, 9.17) is 5.11 Å². The van der Waals surface area contributed by atoms with Crippen LogP contribution in [0.25, 0.3) is 0 Å². The lowest BCUT2D eigenvalue weighted by Crippen LogP contribution is -2.50. The molecule has 0 saturated carbocycles. The van der Waals surface area contributed by atoms with Crippen molar-refractivity contribution in [3.05, 3.63) is 11.6 Å². The van der Waals surface area contributed by atoms with Gasteiger partial charge in [-0.3, -0.25) is 9.69 Å². The predicted molar refractivity (Wildman–Crippen MR) is 58.3 cm³/mol. The Hall–Kier alpha value is -1.36. The number of carbonyl (C=O) groups is 2. The first-order valence-corrected chi connectivity index (χ1v) is 5.58. The van der Waals surface area contributed by atoms with Gasteiger partial charge in [-0.25, -0.2) is 4.79 Å². The molecule has 5 nitrogen and oxygen atoms in total. The van der Waals surface area contributed by atoms with Gasteiger partial charge in [0.05, 0.1) is 0 Å². The molecule has 16 heavy (non-hydrogen) atoms. The van der Waals surface area contributed by atoms with E-state index in [2.05, 4.69) is 4.90 Å². The van der Waals surface area contributed by atoms with Gasteiger partial charge in [0, 0.05) is 32.2 Å². The molecule has 1 aliphatic carbocycles. The topological polar surface area (TPSA) is 60.9 Å². The van der Waals surface area contributed by atoms with Gasteiger partial charge in [0.15, 0.2) is 0 Å². The standard InChI is InChI=1S/C11H16N2O3/c14-8-9-1-2-10(7-9)12-3-5-13(6-4-12)11(15)16/h7-8,10H,1-6H2,(H,15,16). The summed E-state index contributed by atoms with van der Waals surface area (Å²) < 4.78 is 0. The quantitative estimate of drug-likeness (QED) is 0.697. The number of hydrogen-bond donors (Lipinski definition) is 1. The van der Waals surface area contributed by atoms with Crippen LogP contribution in [0.3, 0.4) is 0 Å². The van der Waals surface area contributed by atoms with E-state index < -0.39 is 6.09 Å². The SMILES string of the molecule is O=CC1=CC(N2CCN(C(=O)O)CC2)CC1. The Morgan fingerprint density at radius 2 is 2.06 bits per heavy atom. The molecular formula is C11H16N2O3. The van der Waals surface area contributed by atoms with Crippen LogP contribution in [0.2, 0.25) is 0 Å². The van der Waals surface area contributed by atoms with Crippen molar-refractivity contribution >= 4 is 12.4 Å². The first-order chi connectivity index (χ1) is 7.70. The molecule has 2 rings (SSSR count). The van der Waals surface area contributed by atoms with Gasteiger partial charge in [0.2, 0.25) is 0 Å². The monoisotopic (exact) mass is 224 g/mol. The Morgan fingerprint density at radius 1 is 1.38 bits per heavy atom. The van der Waals surface area contributed by atoms with Crippen molar-refractivity contribution < 1.29 is 14.7 Å². The fourth-order valence-electron chi connectivity index (χ4n) is 2.36. The first-order valence-electron chi connectivity index (χ1n) is 5.58. The van der Waals surface area contributed by atoms with E-state index in [0.29, 0.717) is 19.1 Å². The molecular weight excluding hydrogens is 208 g/mol. The third kappa shape index (κ3) is 2.24. The van der Waals surface area contributed by atoms with E-state index in [9.17, 15) is 9.59 Å². The molecule has 0 aromatic rings. The summed E-state index contributed by atoms with van der Waals surface area (Å²) in [5.41, 5.74) is 0.880. The predicted octanol–water partition coefficient (Wildman–Crippen LogP) is 0.570. The number of aldehydes is 1. The zero-order chi connectivity index (χ0) is 11.5. The smallest absolute Gasteiger partial charge is 0.407 e. The molecule has 2 aliphatic rings. The number of hydrogen-bond acceptors (Lipinski definition) is 3. The largest absolute Gasteiger partial charge is 0.465 e. The summed E-state index contributed by atoms with van der Waals surface area (Å²) in [6.45, 7) is 2.66. The summed E-state index contributed by atoms with van der Waals surface area (Å²) in [5.74, 6) is 0. The molecule has 0 aromatic heterocycles. The Morgan fingerprint density at radius 3 is 2.56 bits per heavy atom. The van der Waals surface area contributed by atoms with Crippen LogP contribution in [0.15, 0.2) is 11.6 Å². The molecule has 0 radical (unpaired) electrons. The number of amides is 1. The lowest BCUT2D eigenvalue weighted by molar-refractivity contribution is -0.105. The van der Waals surface area contributed by atoms with Crippen LogP contribution in [-0.2, 0) is 4.79 Å². The second-order valence-corrected chi connectivity index (χ2v) is 4.27. The summed E-state index contributed by atoms with van der Waals surface area (Å²) >= 11 is 0. The number of carbonyl (C=O) groups excluding carboxylic acids is 1. The lowest BCUT2D eigenvalue weighted by Gasteiger charge is -2.36. The maximum absolute atomic E-state index is 10.7. The fourth-order valence-corrected chi connectivity index (χ4v) is 2.36. The van der Waals surface area contributed by atoms with Crippen molar-refractivity contribution in [1.29, 1.82) is 0 Å². The molecule has 5 heteroatoms. The van der Waals surface area contributed by atoms with E-state index in [1.54, 1.807) is 0 Å². The number of nitrogens with zero attached hydrogens (tertiary/aromatic N) is 2. The van der Waals surface area contributed by atoms with Gasteiger partial charge < -0.3 is 10.0 Å². The second kappa shape index (κ2) is 4.65. The summed E-state index contributed by atoms with van der Waals surface area (Å²) in [7, 11) is 0. The van der Waals surface area contributed by atoms with Crippen LogP contribution < -0.4 is 0 Å². The van der Waals surface area contributed by atoms with Crippen LogP contribution in [0.1, 0.15) is 12.8 Å². The number of piperazine rings is 1. The van der Waals surface area contributed by atoms with Gasteiger partial charge in [-0.05, 0) is 18.4 Å². The number of allylic oxidation sites excluding steroid dienone is 1. The molecule has 1 unspecified atom stereocenters. The average Bonchev–Trinajstić information content (AvgIpc) is 2.77. The molecule has 1 atom stereocenters. The zero-order valence-electron chi connectivity index (χ0n) is 9.13. The molecule has 1 aliphatic heterocycles. The normalized spacial score (nSPS) is 26.6. The van der Waals surface area contributed by atoms with E-state index in [0.717, 1.165) is 37.8 Å². The van der Waals surface area contributed by atoms with Crippen molar-refractivity contribution in [2.75, 3.05) is 26.2 Å². The van der Waals surface area contributed by atoms with Crippen molar-refractivity contribution in [2.45, 2.75) is 18.9 Å². The Balaban J connectivity index is 1.88. The van der Waals surface area contributed by atoms with E-state index in [1.165, 1.54) is 4.90 Å². The lowest BCUT2D eigenvalue weighted by atomic mass is 10.2. The van der Waals surface area contributed by atoms with Crippen LogP contribution in [-0.4, -0.2) is 59.5 Å². The molecule has 88 valence electrons. The van der Waals surface area contributed by atoms with E-state index >= 15 is 0 Å². The van der Waals surface area contributed by atoms with Gasteiger partial charge in [-0.15, -0.1) is 0 Å². The molecule has 1 amide bonds. The highest BCUT2D eigenvalue weighted by atomic mass is 16.4. The van der Waals surface area contributed by atoms with Gasteiger partial charge in [0.1, 0.15) is 6.29 Å². The van der Waals surface area contributed by atoms with Crippen molar-refractivity contribution in [3.8, 4) is 0 Å². The highest BCUT2D eigenvalue weighted by Crippen LogP contribution is 2.22. The van der Waals surface area contributed by atoms with Crippen LogP contribution in [0.5, 0.6) is 0 Å². The molecule has 1 N–H and O–H groups in total. The van der Waals surface area contributed by atoms with Crippen LogP contribution >= 0.6 is 0 Å². The minimum atomic E-state index is -0.838. The molecule has 0 spiro atoms. The summed E-state index contributed by atoms with van der Waals surface area (Å²) in [6.07, 6.45) is 3.95. The highest BCUT2D eigenvalue weighted by molar-refractivity contribution is 5.74. The summed E-state index contributed by atoms with van der Waals surface area (Å²) in [5, 5.41) is 8.82. The minimum absolute atomic E-state index is 0.330. The Kier molecular flexibility index (Phi) is 3.24. The molecule has 0 aromatic carbocycles. The maximum Gasteiger partial charge on any atom is 0.407 e. The first kappa shape index (κ1) is 11.1. The van der Waals surface area contributed by atoms with Gasteiger partial charge in [-0.2, -0.15) is 0 Å². The van der Waals surface area contributed by atoms with Gasteiger partial charge in [-0.1, -0.05) is 6.08 Å². The summed E-state index contributed by atoms with van der Waals surface area (Å²) in [4.78, 5) is 25.0. The molecule has 1 saturated heterocycles. The fraction of sp³-hybridized carbons (Fsp3) is 0.636. The van der Waals surface area contributed by atoms with E-state index in [1.807, 2.05) is 6.08 Å². The average molecular weight is 224 g/mol. The zero-order valence-corrected chi connectivity index (χ0v) is 9.13.